The highest BCUT2D eigenvalue weighted by molar-refractivity contribution is 5.41. The van der Waals surface area contributed by atoms with Gasteiger partial charge in [0.05, 0.1) is 7.11 Å². The fourth-order valence-corrected chi connectivity index (χ4v) is 2.44. The van der Waals surface area contributed by atoms with E-state index < -0.39 is 0 Å². The smallest absolute Gasteiger partial charge is 0.160 e. The summed E-state index contributed by atoms with van der Waals surface area (Å²) >= 11 is 0. The molecular weight excluding hydrogens is 214 g/mol. The zero-order valence-corrected chi connectivity index (χ0v) is 10.9. The van der Waals surface area contributed by atoms with Crippen molar-refractivity contribution in [3.8, 4) is 11.5 Å². The summed E-state index contributed by atoms with van der Waals surface area (Å²) in [5.74, 6) is 0.763. The first kappa shape index (κ1) is 12.2. The van der Waals surface area contributed by atoms with Gasteiger partial charge in [-0.1, -0.05) is 19.9 Å². The Hall–Kier alpha value is -1.22. The number of aromatic hydroxyl groups is 1. The molecule has 0 atom stereocenters. The molecule has 17 heavy (non-hydrogen) atoms. The van der Waals surface area contributed by atoms with Gasteiger partial charge in [-0.2, -0.15) is 0 Å². The number of phenolic OH excluding ortho intramolecular Hbond substituents is 1. The van der Waals surface area contributed by atoms with Crippen molar-refractivity contribution in [3.63, 3.8) is 0 Å². The first-order valence-electron chi connectivity index (χ1n) is 6.08. The van der Waals surface area contributed by atoms with Crippen molar-refractivity contribution in [1.29, 1.82) is 0 Å². The number of rotatable bonds is 3. The molecule has 0 aromatic heterocycles. The lowest BCUT2D eigenvalue weighted by Gasteiger charge is -2.20. The second-order valence-corrected chi connectivity index (χ2v) is 5.63. The van der Waals surface area contributed by atoms with Crippen molar-refractivity contribution in [2.75, 3.05) is 20.2 Å². The van der Waals surface area contributed by atoms with Gasteiger partial charge in [-0.25, -0.2) is 0 Å². The van der Waals surface area contributed by atoms with Crippen LogP contribution in [0.1, 0.15) is 25.8 Å². The molecule has 0 spiro atoms. The first-order valence-corrected chi connectivity index (χ1v) is 6.08. The average Bonchev–Trinajstić information content (AvgIpc) is 2.61. The van der Waals surface area contributed by atoms with Crippen LogP contribution in [0.2, 0.25) is 0 Å². The number of methoxy groups -OCH3 is 1. The lowest BCUT2D eigenvalue weighted by Crippen LogP contribution is -2.22. The molecule has 2 rings (SSSR count). The van der Waals surface area contributed by atoms with E-state index in [0.717, 1.165) is 19.6 Å². The van der Waals surface area contributed by atoms with E-state index in [1.165, 1.54) is 12.0 Å². The summed E-state index contributed by atoms with van der Waals surface area (Å²) < 4.78 is 5.12. The van der Waals surface area contributed by atoms with Gasteiger partial charge >= 0.3 is 0 Å². The molecule has 0 aliphatic carbocycles. The van der Waals surface area contributed by atoms with Crippen LogP contribution in [-0.2, 0) is 6.54 Å². The quantitative estimate of drug-likeness (QED) is 0.874. The van der Waals surface area contributed by atoms with E-state index in [9.17, 15) is 5.11 Å². The lowest BCUT2D eigenvalue weighted by atomic mass is 9.93. The Bertz CT molecular complexity index is 401. The van der Waals surface area contributed by atoms with Gasteiger partial charge in [0.15, 0.2) is 11.5 Å². The zero-order chi connectivity index (χ0) is 12.5. The van der Waals surface area contributed by atoms with Crippen molar-refractivity contribution in [1.82, 2.24) is 4.90 Å². The van der Waals surface area contributed by atoms with Gasteiger partial charge in [-0.3, -0.25) is 4.90 Å². The average molecular weight is 235 g/mol. The molecule has 1 saturated heterocycles. The Labute approximate surface area is 103 Å². The van der Waals surface area contributed by atoms with E-state index in [4.69, 9.17) is 4.74 Å². The maximum atomic E-state index is 9.54. The highest BCUT2D eigenvalue weighted by atomic mass is 16.5. The van der Waals surface area contributed by atoms with Gasteiger partial charge in [-0.15, -0.1) is 0 Å². The van der Waals surface area contributed by atoms with Gasteiger partial charge in [0.1, 0.15) is 0 Å². The second kappa shape index (κ2) is 4.57. The number of hydrogen-bond acceptors (Lipinski definition) is 3. The largest absolute Gasteiger partial charge is 0.504 e. The van der Waals surface area contributed by atoms with Crippen LogP contribution >= 0.6 is 0 Å². The predicted molar refractivity (Wildman–Crippen MR) is 68.3 cm³/mol. The molecule has 1 heterocycles. The first-order chi connectivity index (χ1) is 8.00. The molecule has 1 N–H and O–H groups in total. The maximum Gasteiger partial charge on any atom is 0.160 e. The molecule has 0 saturated carbocycles. The van der Waals surface area contributed by atoms with Gasteiger partial charge in [-0.05, 0) is 36.1 Å². The normalized spacial score (nSPS) is 19.5. The van der Waals surface area contributed by atoms with Crippen LogP contribution in [0.15, 0.2) is 18.2 Å². The molecule has 1 aromatic rings. The number of benzene rings is 1. The van der Waals surface area contributed by atoms with Crippen molar-refractivity contribution in [3.05, 3.63) is 23.8 Å². The van der Waals surface area contributed by atoms with Crippen LogP contribution in [0.5, 0.6) is 11.5 Å². The Balaban J connectivity index is 2.04. The van der Waals surface area contributed by atoms with Crippen molar-refractivity contribution >= 4 is 0 Å². The molecule has 94 valence electrons. The van der Waals surface area contributed by atoms with Crippen LogP contribution in [-0.4, -0.2) is 30.2 Å². The molecule has 0 unspecified atom stereocenters. The summed E-state index contributed by atoms with van der Waals surface area (Å²) in [6.07, 6.45) is 1.25. The van der Waals surface area contributed by atoms with E-state index in [1.807, 2.05) is 12.1 Å². The van der Waals surface area contributed by atoms with E-state index in [0.29, 0.717) is 11.2 Å². The molecule has 3 heteroatoms. The number of likely N-dealkylation sites (tertiary alicyclic amines) is 1. The Kier molecular flexibility index (Phi) is 3.29. The van der Waals surface area contributed by atoms with Gasteiger partial charge in [0.2, 0.25) is 0 Å². The third-order valence-electron chi connectivity index (χ3n) is 3.41. The number of ether oxygens (including phenoxy) is 1. The molecule has 0 bridgehead atoms. The molecule has 0 amide bonds. The molecule has 1 aliphatic heterocycles. The van der Waals surface area contributed by atoms with Crippen LogP contribution < -0.4 is 4.74 Å². The topological polar surface area (TPSA) is 32.7 Å². The summed E-state index contributed by atoms with van der Waals surface area (Å²) in [5.41, 5.74) is 1.62. The van der Waals surface area contributed by atoms with E-state index >= 15 is 0 Å². The summed E-state index contributed by atoms with van der Waals surface area (Å²) in [6, 6.07) is 5.58. The Morgan fingerprint density at radius 2 is 2.18 bits per heavy atom. The number of nitrogens with zero attached hydrogens (tertiary/aromatic N) is 1. The van der Waals surface area contributed by atoms with Crippen LogP contribution in [0.3, 0.4) is 0 Å². The summed E-state index contributed by atoms with van der Waals surface area (Å²) in [7, 11) is 1.58. The van der Waals surface area contributed by atoms with Crippen molar-refractivity contribution in [2.45, 2.75) is 26.8 Å². The molecular formula is C14H21NO2. The van der Waals surface area contributed by atoms with Crippen molar-refractivity contribution in [2.24, 2.45) is 5.41 Å². The molecule has 1 aliphatic rings. The van der Waals surface area contributed by atoms with Crippen LogP contribution in [0, 0.1) is 5.41 Å². The zero-order valence-electron chi connectivity index (χ0n) is 10.9. The predicted octanol–water partition coefficient (Wildman–Crippen LogP) is 2.63. The fourth-order valence-electron chi connectivity index (χ4n) is 2.44. The lowest BCUT2D eigenvalue weighted by molar-refractivity contribution is 0.283. The summed E-state index contributed by atoms with van der Waals surface area (Å²) in [5, 5.41) is 9.54. The monoisotopic (exact) mass is 235 g/mol. The minimum Gasteiger partial charge on any atom is -0.504 e. The van der Waals surface area contributed by atoms with E-state index in [1.54, 1.807) is 13.2 Å². The fraction of sp³-hybridized carbons (Fsp3) is 0.571. The Morgan fingerprint density at radius 3 is 2.76 bits per heavy atom. The summed E-state index contributed by atoms with van der Waals surface area (Å²) in [4.78, 5) is 2.45. The molecule has 1 fully saturated rings. The SMILES string of the molecule is COc1cc(CN2CCC(C)(C)C2)ccc1O. The molecule has 1 aromatic carbocycles. The van der Waals surface area contributed by atoms with Crippen molar-refractivity contribution < 1.29 is 9.84 Å². The highest BCUT2D eigenvalue weighted by Crippen LogP contribution is 2.31. The molecule has 0 radical (unpaired) electrons. The van der Waals surface area contributed by atoms with E-state index in [-0.39, 0.29) is 5.75 Å². The third-order valence-corrected chi connectivity index (χ3v) is 3.41. The van der Waals surface area contributed by atoms with Gasteiger partial charge in [0.25, 0.3) is 0 Å². The van der Waals surface area contributed by atoms with Gasteiger partial charge < -0.3 is 9.84 Å². The second-order valence-electron chi connectivity index (χ2n) is 5.63. The number of phenols is 1. The van der Waals surface area contributed by atoms with Gasteiger partial charge in [0, 0.05) is 13.1 Å². The number of hydrogen-bond donors (Lipinski definition) is 1. The minimum atomic E-state index is 0.206. The minimum absolute atomic E-state index is 0.206. The highest BCUT2D eigenvalue weighted by Gasteiger charge is 2.28. The van der Waals surface area contributed by atoms with E-state index in [2.05, 4.69) is 18.7 Å². The van der Waals surface area contributed by atoms with Crippen LogP contribution in [0.25, 0.3) is 0 Å². The summed E-state index contributed by atoms with van der Waals surface area (Å²) in [6.45, 7) is 7.83. The van der Waals surface area contributed by atoms with Crippen LogP contribution in [0.4, 0.5) is 0 Å². The Morgan fingerprint density at radius 1 is 1.41 bits per heavy atom. The maximum absolute atomic E-state index is 9.54. The third kappa shape index (κ3) is 2.91. The molecule has 3 nitrogen and oxygen atoms in total. The standard InChI is InChI=1S/C14H21NO2/c1-14(2)6-7-15(10-14)9-11-4-5-12(16)13(8-11)17-3/h4-5,8,16H,6-7,9-10H2,1-3H3.